The molecule has 0 radical (unpaired) electrons. The Morgan fingerprint density at radius 2 is 2.29 bits per heavy atom. The number of hydrogen-bond donors (Lipinski definition) is 1. The third-order valence-electron chi connectivity index (χ3n) is 3.31. The molecule has 130 valence electrons. The largest absolute Gasteiger partial charge is 0.380 e. The Balaban J connectivity index is 2.70. The fourth-order valence-corrected chi connectivity index (χ4v) is 3.24. The predicted molar refractivity (Wildman–Crippen MR) is 108 cm³/mol. The maximum Gasteiger partial charge on any atom is 0.124 e. The minimum absolute atomic E-state index is 0.621. The van der Waals surface area contributed by atoms with Gasteiger partial charge in [-0.3, -0.25) is 4.99 Å². The van der Waals surface area contributed by atoms with Gasteiger partial charge in [0.1, 0.15) is 5.84 Å². The van der Waals surface area contributed by atoms with Crippen LogP contribution in [0.5, 0.6) is 0 Å². The molecule has 0 unspecified atom stereocenters. The van der Waals surface area contributed by atoms with Crippen LogP contribution in [-0.4, -0.2) is 44.1 Å². The molecule has 0 aromatic rings. The van der Waals surface area contributed by atoms with Crippen LogP contribution in [0, 0.1) is 12.3 Å². The average Bonchev–Trinajstić information content (AvgIpc) is 2.59. The molecule has 1 heterocycles. The van der Waals surface area contributed by atoms with E-state index in [1.807, 2.05) is 31.7 Å². The molecule has 1 aliphatic heterocycles. The summed E-state index contributed by atoms with van der Waals surface area (Å²) in [5.41, 5.74) is 3.55. The van der Waals surface area contributed by atoms with Crippen LogP contribution in [0.4, 0.5) is 0 Å². The van der Waals surface area contributed by atoms with E-state index in [1.54, 1.807) is 13.2 Å². The second kappa shape index (κ2) is 12.7. The van der Waals surface area contributed by atoms with E-state index < -0.39 is 0 Å². The van der Waals surface area contributed by atoms with Gasteiger partial charge < -0.3 is 10.1 Å². The maximum atomic E-state index is 5.32. The van der Waals surface area contributed by atoms with Crippen LogP contribution >= 0.6 is 11.8 Å². The number of allylic oxidation sites excluding steroid dienone is 6. The van der Waals surface area contributed by atoms with Gasteiger partial charge >= 0.3 is 0 Å². The van der Waals surface area contributed by atoms with Gasteiger partial charge in [-0.1, -0.05) is 30.2 Å². The van der Waals surface area contributed by atoms with Crippen molar-refractivity contribution in [1.82, 2.24) is 5.32 Å². The smallest absolute Gasteiger partial charge is 0.124 e. The van der Waals surface area contributed by atoms with Crippen molar-refractivity contribution in [2.45, 2.75) is 20.3 Å². The van der Waals surface area contributed by atoms with Crippen molar-refractivity contribution >= 4 is 17.6 Å². The van der Waals surface area contributed by atoms with Gasteiger partial charge in [0.15, 0.2) is 0 Å². The summed E-state index contributed by atoms with van der Waals surface area (Å²) in [5.74, 6) is 5.41. The molecule has 1 aliphatic rings. The van der Waals surface area contributed by atoms with Gasteiger partial charge in [0.2, 0.25) is 0 Å². The molecule has 0 spiro atoms. The second-order valence-corrected chi connectivity index (χ2v) is 6.50. The maximum absolute atomic E-state index is 5.32. The number of amidine groups is 1. The number of thioether (sulfide) groups is 1. The number of nitrogens with zero attached hydrogens (tertiary/aromatic N) is 1. The molecule has 0 saturated carbocycles. The Hall–Kier alpha value is -1.70. The molecule has 24 heavy (non-hydrogen) atoms. The summed E-state index contributed by atoms with van der Waals surface area (Å²) in [4.78, 5) is 4.61. The fourth-order valence-electron chi connectivity index (χ4n) is 2.25. The van der Waals surface area contributed by atoms with Crippen molar-refractivity contribution in [3.63, 3.8) is 0 Å². The number of ether oxygens (including phenoxy) is 1. The third kappa shape index (κ3) is 8.24. The summed E-state index contributed by atoms with van der Waals surface area (Å²) < 4.78 is 5.30. The Labute approximate surface area is 151 Å². The topological polar surface area (TPSA) is 33.6 Å². The zero-order valence-corrected chi connectivity index (χ0v) is 15.8. The van der Waals surface area contributed by atoms with Gasteiger partial charge in [0.05, 0.1) is 6.61 Å². The van der Waals surface area contributed by atoms with Gasteiger partial charge in [-0.15, -0.1) is 6.42 Å². The van der Waals surface area contributed by atoms with Crippen molar-refractivity contribution in [3.05, 3.63) is 47.1 Å². The molecule has 0 saturated heterocycles. The van der Waals surface area contributed by atoms with Crippen molar-refractivity contribution in [2.75, 3.05) is 38.3 Å². The quantitative estimate of drug-likeness (QED) is 0.511. The van der Waals surface area contributed by atoms with E-state index in [9.17, 15) is 0 Å². The van der Waals surface area contributed by atoms with Crippen molar-refractivity contribution in [2.24, 2.45) is 4.99 Å². The lowest BCUT2D eigenvalue weighted by Crippen LogP contribution is -2.31. The van der Waals surface area contributed by atoms with Crippen LogP contribution in [0.2, 0.25) is 0 Å². The number of methoxy groups -OCH3 is 1. The molecule has 0 atom stereocenters. The summed E-state index contributed by atoms with van der Waals surface area (Å²) in [7, 11) is 1.72. The van der Waals surface area contributed by atoms with Crippen LogP contribution in [-0.2, 0) is 4.74 Å². The van der Waals surface area contributed by atoms with E-state index in [0.29, 0.717) is 6.61 Å². The van der Waals surface area contributed by atoms with Crippen LogP contribution in [0.3, 0.4) is 0 Å². The zero-order valence-electron chi connectivity index (χ0n) is 15.0. The number of aliphatic imine (C=N–C) groups is 1. The lowest BCUT2D eigenvalue weighted by atomic mass is 10.2. The van der Waals surface area contributed by atoms with E-state index in [-0.39, 0.29) is 0 Å². The van der Waals surface area contributed by atoms with E-state index in [1.165, 1.54) is 11.1 Å². The summed E-state index contributed by atoms with van der Waals surface area (Å²) in [5, 5.41) is 3.40. The first-order valence-corrected chi connectivity index (χ1v) is 9.36. The van der Waals surface area contributed by atoms with Gasteiger partial charge in [-0.05, 0) is 37.5 Å². The highest BCUT2D eigenvalue weighted by molar-refractivity contribution is 7.99. The Morgan fingerprint density at radius 1 is 1.46 bits per heavy atom. The van der Waals surface area contributed by atoms with E-state index in [0.717, 1.165) is 42.4 Å². The summed E-state index contributed by atoms with van der Waals surface area (Å²) in [6, 6.07) is 0. The Morgan fingerprint density at radius 3 is 2.92 bits per heavy atom. The molecule has 0 bridgehead atoms. The van der Waals surface area contributed by atoms with Gasteiger partial charge in [-0.25, -0.2) is 0 Å². The summed E-state index contributed by atoms with van der Waals surface area (Å²) >= 11 is 1.86. The Kier molecular flexibility index (Phi) is 10.8. The monoisotopic (exact) mass is 344 g/mol. The highest BCUT2D eigenvalue weighted by Crippen LogP contribution is 2.16. The highest BCUT2D eigenvalue weighted by atomic mass is 32.2. The number of hydrogen-bond acceptors (Lipinski definition) is 4. The van der Waals surface area contributed by atoms with Crippen molar-refractivity contribution < 1.29 is 4.74 Å². The number of nitrogens with one attached hydrogen (secondary N) is 1. The van der Waals surface area contributed by atoms with Crippen LogP contribution in [0.1, 0.15) is 20.3 Å². The first kappa shape index (κ1) is 20.3. The highest BCUT2D eigenvalue weighted by Gasteiger charge is 2.10. The van der Waals surface area contributed by atoms with Crippen LogP contribution in [0.25, 0.3) is 0 Å². The number of rotatable bonds is 9. The average molecular weight is 345 g/mol. The first-order valence-electron chi connectivity index (χ1n) is 8.20. The molecule has 0 fully saturated rings. The first-order chi connectivity index (χ1) is 11.7. The number of terminal acetylenes is 1. The van der Waals surface area contributed by atoms with E-state index in [2.05, 4.69) is 34.5 Å². The molecule has 3 nitrogen and oxygen atoms in total. The van der Waals surface area contributed by atoms with Crippen molar-refractivity contribution in [1.29, 1.82) is 0 Å². The molecule has 4 heteroatoms. The van der Waals surface area contributed by atoms with Crippen LogP contribution in [0.15, 0.2) is 52.1 Å². The minimum Gasteiger partial charge on any atom is -0.380 e. The molecular weight excluding hydrogens is 316 g/mol. The molecule has 0 aliphatic carbocycles. The van der Waals surface area contributed by atoms with Crippen LogP contribution < -0.4 is 5.32 Å². The zero-order chi connectivity index (χ0) is 17.6. The molecule has 0 aromatic heterocycles. The summed E-state index contributed by atoms with van der Waals surface area (Å²) in [6.45, 7) is 6.57. The van der Waals surface area contributed by atoms with Gasteiger partial charge in [-0.2, -0.15) is 11.8 Å². The second-order valence-electron chi connectivity index (χ2n) is 5.51. The third-order valence-corrected chi connectivity index (χ3v) is 4.40. The van der Waals surface area contributed by atoms with Gasteiger partial charge in [0.25, 0.3) is 0 Å². The molecule has 0 aromatic carbocycles. The fraction of sp³-hybridized carbons (Fsp3) is 0.450. The Bertz CT molecular complexity index is 577. The SMILES string of the molecule is C#C/C=C(C)\C=C(/COC)CSC/C(=C\C=C/C)C1=NCCCN1. The normalized spacial score (nSPS) is 16.8. The van der Waals surface area contributed by atoms with Crippen molar-refractivity contribution in [3.8, 4) is 12.3 Å². The molecule has 1 N–H and O–H groups in total. The lowest BCUT2D eigenvalue weighted by Gasteiger charge is -2.17. The predicted octanol–water partition coefficient (Wildman–Crippen LogP) is 3.77. The molecular formula is C20H28N2OS. The lowest BCUT2D eigenvalue weighted by molar-refractivity contribution is 0.226. The minimum atomic E-state index is 0.621. The van der Waals surface area contributed by atoms with Gasteiger partial charge in [0, 0.05) is 37.3 Å². The summed E-state index contributed by atoms with van der Waals surface area (Å²) in [6.07, 6.45) is 16.6. The standard InChI is InChI=1S/C20H28N2OS/c1-5-7-10-19(20-21-11-8-12-22-20)16-24-15-18(14-23-4)13-17(3)9-6-2/h2,5,7,9-10,13H,8,11-12,14-16H2,1,3-4H3,(H,21,22)/b7-5-,17-9-,18-13+,19-10+. The molecule has 1 rings (SSSR count). The van der Waals surface area contributed by atoms with E-state index >= 15 is 0 Å². The molecule has 0 amide bonds. The van der Waals surface area contributed by atoms with E-state index in [4.69, 9.17) is 11.2 Å².